The van der Waals surface area contributed by atoms with E-state index in [1.165, 1.54) is 30.6 Å². The van der Waals surface area contributed by atoms with E-state index in [2.05, 4.69) is 13.5 Å². The summed E-state index contributed by atoms with van der Waals surface area (Å²) in [6, 6.07) is 0. The van der Waals surface area contributed by atoms with Crippen molar-refractivity contribution in [3.05, 3.63) is 12.8 Å². The summed E-state index contributed by atoms with van der Waals surface area (Å²) in [5.74, 6) is 2.51. The third-order valence-electron chi connectivity index (χ3n) is 1.31. The van der Waals surface area contributed by atoms with Gasteiger partial charge in [-0.3, -0.25) is 0 Å². The average molecular weight is 174 g/mol. The fourth-order valence-corrected chi connectivity index (χ4v) is 1.70. The van der Waals surface area contributed by atoms with Crippen LogP contribution < -0.4 is 0 Å². The van der Waals surface area contributed by atoms with Gasteiger partial charge in [0.15, 0.2) is 0 Å². The minimum atomic E-state index is 0.822. The van der Waals surface area contributed by atoms with E-state index >= 15 is 0 Å². The number of hydrogen-bond acceptors (Lipinski definition) is 2. The normalized spacial score (nSPS) is 9.55. The Balaban J connectivity index is 2.74. The summed E-state index contributed by atoms with van der Waals surface area (Å²) in [5.41, 5.74) is 0. The fraction of sp³-hybridized carbons (Fsp3) is 0.778. The van der Waals surface area contributed by atoms with Crippen LogP contribution in [-0.2, 0) is 4.74 Å². The van der Waals surface area contributed by atoms with Crippen LogP contribution in [0.25, 0.3) is 0 Å². The highest BCUT2D eigenvalue weighted by molar-refractivity contribution is 7.99. The topological polar surface area (TPSA) is 9.23 Å². The van der Waals surface area contributed by atoms with Crippen LogP contribution in [0.5, 0.6) is 0 Å². The predicted octanol–water partition coefficient (Wildman–Crippen LogP) is 3.07. The van der Waals surface area contributed by atoms with Gasteiger partial charge in [0, 0.05) is 0 Å². The first-order chi connectivity index (χ1) is 5.41. The predicted molar refractivity (Wildman–Crippen MR) is 53.0 cm³/mol. The Morgan fingerprint density at radius 1 is 1.36 bits per heavy atom. The average Bonchev–Trinajstić information content (AvgIpc) is 2.03. The van der Waals surface area contributed by atoms with Crippen LogP contribution >= 0.6 is 11.8 Å². The molecule has 0 bridgehead atoms. The number of hydrogen-bond donors (Lipinski definition) is 0. The first-order valence-corrected chi connectivity index (χ1v) is 5.37. The molecule has 0 rings (SSSR count). The zero-order chi connectivity index (χ0) is 8.36. The Bertz CT molecular complexity index is 83.6. The van der Waals surface area contributed by atoms with Crippen LogP contribution in [-0.4, -0.2) is 18.1 Å². The zero-order valence-electron chi connectivity index (χ0n) is 7.34. The van der Waals surface area contributed by atoms with Crippen LogP contribution in [0.3, 0.4) is 0 Å². The van der Waals surface area contributed by atoms with E-state index in [9.17, 15) is 0 Å². The molecule has 1 nitrogen and oxygen atoms in total. The molecule has 0 aromatic rings. The van der Waals surface area contributed by atoms with E-state index in [0.29, 0.717) is 0 Å². The molecule has 11 heavy (non-hydrogen) atoms. The second kappa shape index (κ2) is 9.89. The van der Waals surface area contributed by atoms with Crippen molar-refractivity contribution in [1.29, 1.82) is 0 Å². The van der Waals surface area contributed by atoms with Gasteiger partial charge in [-0.05, 0) is 24.3 Å². The first-order valence-electron chi connectivity index (χ1n) is 4.22. The van der Waals surface area contributed by atoms with E-state index in [0.717, 1.165) is 13.0 Å². The van der Waals surface area contributed by atoms with Gasteiger partial charge in [-0.1, -0.05) is 19.9 Å². The smallest absolute Gasteiger partial charge is 0.0880 e. The van der Waals surface area contributed by atoms with Crippen molar-refractivity contribution in [2.24, 2.45) is 0 Å². The van der Waals surface area contributed by atoms with E-state index in [-0.39, 0.29) is 0 Å². The maximum Gasteiger partial charge on any atom is 0.0880 e. The summed E-state index contributed by atoms with van der Waals surface area (Å²) in [5, 5.41) is 0. The van der Waals surface area contributed by atoms with Crippen LogP contribution in [0.1, 0.15) is 26.2 Å². The molecule has 0 aliphatic rings. The van der Waals surface area contributed by atoms with Crippen LogP contribution in [0.15, 0.2) is 12.8 Å². The Labute approximate surface area is 74.2 Å². The molecule has 0 amide bonds. The van der Waals surface area contributed by atoms with E-state index in [1.807, 2.05) is 11.8 Å². The summed E-state index contributed by atoms with van der Waals surface area (Å²) >= 11 is 2.01. The number of thioether (sulfide) groups is 1. The van der Waals surface area contributed by atoms with Gasteiger partial charge < -0.3 is 4.74 Å². The van der Waals surface area contributed by atoms with Crippen LogP contribution in [0, 0.1) is 0 Å². The highest BCUT2D eigenvalue weighted by atomic mass is 32.2. The quantitative estimate of drug-likeness (QED) is 0.413. The van der Waals surface area contributed by atoms with Gasteiger partial charge >= 0.3 is 0 Å². The number of ether oxygens (including phenoxy) is 1. The second-order valence-electron chi connectivity index (χ2n) is 2.36. The minimum Gasteiger partial charge on any atom is -0.502 e. The lowest BCUT2D eigenvalue weighted by molar-refractivity contribution is 0.252. The van der Waals surface area contributed by atoms with Gasteiger partial charge in [0.25, 0.3) is 0 Å². The Morgan fingerprint density at radius 3 is 2.73 bits per heavy atom. The highest BCUT2D eigenvalue weighted by Crippen LogP contribution is 2.05. The number of rotatable bonds is 8. The van der Waals surface area contributed by atoms with Crippen LogP contribution in [0.4, 0.5) is 0 Å². The number of unbranched alkanes of at least 4 members (excludes halogenated alkanes) is 1. The third kappa shape index (κ3) is 9.89. The fourth-order valence-electron chi connectivity index (χ4n) is 0.676. The summed E-state index contributed by atoms with van der Waals surface area (Å²) in [4.78, 5) is 0. The van der Waals surface area contributed by atoms with Crippen molar-refractivity contribution in [2.75, 3.05) is 18.1 Å². The molecule has 0 heterocycles. The highest BCUT2D eigenvalue weighted by Gasteiger charge is 1.88. The Kier molecular flexibility index (Phi) is 9.79. The SMILES string of the molecule is C=COCCCSCCCC. The Morgan fingerprint density at radius 2 is 2.09 bits per heavy atom. The molecule has 0 aliphatic heterocycles. The van der Waals surface area contributed by atoms with Crippen LogP contribution in [0.2, 0.25) is 0 Å². The zero-order valence-corrected chi connectivity index (χ0v) is 8.16. The summed E-state index contributed by atoms with van der Waals surface area (Å²) in [6.45, 7) is 6.52. The minimum absolute atomic E-state index is 0.822. The van der Waals surface area contributed by atoms with Crippen molar-refractivity contribution in [1.82, 2.24) is 0 Å². The summed E-state index contributed by atoms with van der Waals surface area (Å²) in [7, 11) is 0. The third-order valence-corrected chi connectivity index (χ3v) is 2.47. The molecule has 0 aliphatic carbocycles. The van der Waals surface area contributed by atoms with Gasteiger partial charge in [0.1, 0.15) is 0 Å². The molecule has 2 heteroatoms. The van der Waals surface area contributed by atoms with Crippen molar-refractivity contribution < 1.29 is 4.74 Å². The van der Waals surface area contributed by atoms with Crippen molar-refractivity contribution >= 4 is 11.8 Å². The monoisotopic (exact) mass is 174 g/mol. The molecule has 0 radical (unpaired) electrons. The molecule has 0 aromatic heterocycles. The van der Waals surface area contributed by atoms with E-state index in [4.69, 9.17) is 4.74 Å². The molecular formula is C9H18OS. The molecule has 0 atom stereocenters. The lowest BCUT2D eigenvalue weighted by atomic mass is 10.4. The maximum atomic E-state index is 4.99. The van der Waals surface area contributed by atoms with Gasteiger partial charge in [0.2, 0.25) is 0 Å². The molecule has 0 unspecified atom stereocenters. The lowest BCUT2D eigenvalue weighted by Crippen LogP contribution is -1.90. The molecular weight excluding hydrogens is 156 g/mol. The summed E-state index contributed by atoms with van der Waals surface area (Å²) < 4.78 is 4.99. The standard InChI is InChI=1S/C9H18OS/c1-3-5-8-11-9-6-7-10-4-2/h4H,2-3,5-9H2,1H3. The molecule has 0 N–H and O–H groups in total. The van der Waals surface area contributed by atoms with Crippen molar-refractivity contribution in [3.63, 3.8) is 0 Å². The van der Waals surface area contributed by atoms with E-state index in [1.54, 1.807) is 0 Å². The van der Waals surface area contributed by atoms with Crippen molar-refractivity contribution in [2.45, 2.75) is 26.2 Å². The second-order valence-corrected chi connectivity index (χ2v) is 3.58. The largest absolute Gasteiger partial charge is 0.502 e. The van der Waals surface area contributed by atoms with Crippen molar-refractivity contribution in [3.8, 4) is 0 Å². The van der Waals surface area contributed by atoms with Gasteiger partial charge in [-0.15, -0.1) is 0 Å². The maximum absolute atomic E-state index is 4.99. The molecule has 0 saturated heterocycles. The molecule has 0 spiro atoms. The Hall–Kier alpha value is -0.110. The summed E-state index contributed by atoms with van der Waals surface area (Å²) in [6.07, 6.45) is 5.29. The lowest BCUT2D eigenvalue weighted by Gasteiger charge is -2.00. The molecule has 66 valence electrons. The molecule has 0 aromatic carbocycles. The molecule has 0 saturated carbocycles. The van der Waals surface area contributed by atoms with E-state index < -0.39 is 0 Å². The van der Waals surface area contributed by atoms with Gasteiger partial charge in [0.05, 0.1) is 12.9 Å². The van der Waals surface area contributed by atoms with Gasteiger partial charge in [-0.25, -0.2) is 0 Å². The first kappa shape index (κ1) is 10.9. The van der Waals surface area contributed by atoms with Gasteiger partial charge in [-0.2, -0.15) is 11.8 Å². The molecule has 0 fully saturated rings.